The Hall–Kier alpha value is -3.59. The van der Waals surface area contributed by atoms with E-state index in [0.29, 0.717) is 32.7 Å². The Morgan fingerprint density at radius 1 is 1.00 bits per heavy atom. The number of hydrogen-bond donors (Lipinski definition) is 0. The van der Waals surface area contributed by atoms with Crippen molar-refractivity contribution in [2.45, 2.75) is 13.5 Å². The van der Waals surface area contributed by atoms with Gasteiger partial charge in [-0.05, 0) is 66.6 Å². The molecule has 4 rings (SSSR count). The third-order valence-electron chi connectivity index (χ3n) is 5.15. The van der Waals surface area contributed by atoms with Crippen molar-refractivity contribution in [3.05, 3.63) is 98.8 Å². The third-order valence-corrected chi connectivity index (χ3v) is 5.77. The number of furan rings is 1. The van der Waals surface area contributed by atoms with E-state index in [1.807, 2.05) is 18.2 Å². The van der Waals surface area contributed by atoms with Gasteiger partial charge in [0.15, 0.2) is 0 Å². The Morgan fingerprint density at radius 2 is 1.72 bits per heavy atom. The molecule has 0 bridgehead atoms. The highest BCUT2D eigenvalue weighted by atomic mass is 35.5. The van der Waals surface area contributed by atoms with Crippen LogP contribution in [-0.4, -0.2) is 16.7 Å². The first-order valence-corrected chi connectivity index (χ1v) is 10.4. The van der Waals surface area contributed by atoms with Gasteiger partial charge in [-0.25, -0.2) is 0 Å². The lowest BCUT2D eigenvalue weighted by Crippen LogP contribution is -2.42. The van der Waals surface area contributed by atoms with E-state index >= 15 is 0 Å². The predicted molar refractivity (Wildman–Crippen MR) is 122 cm³/mol. The molecule has 1 aliphatic heterocycles. The summed E-state index contributed by atoms with van der Waals surface area (Å²) in [5.74, 6) is -0.144. The standard InChI is InChI=1S/C25H16Cl2N2O3/c1-15-20(12-19-10-11-23(32-19)16-6-8-18(26)9-7-16)24(30)29(25(31)21(15)13-28)14-17-4-2-3-5-22(17)27/h2-12H,14H2,1H3/b20-12+. The van der Waals surface area contributed by atoms with Crippen LogP contribution >= 0.6 is 23.2 Å². The SMILES string of the molecule is CC1=C(C#N)C(=O)N(Cc2ccccc2Cl)C(=O)/C1=C/c1ccc(-c2ccc(Cl)cc2)o1. The van der Waals surface area contributed by atoms with Crippen molar-refractivity contribution in [2.75, 3.05) is 0 Å². The maximum absolute atomic E-state index is 13.2. The van der Waals surface area contributed by atoms with Crippen LogP contribution in [0.5, 0.6) is 0 Å². The first kappa shape index (κ1) is 21.6. The van der Waals surface area contributed by atoms with Crippen LogP contribution in [0.15, 0.2) is 81.8 Å². The van der Waals surface area contributed by atoms with Gasteiger partial charge in [0.25, 0.3) is 11.8 Å². The molecule has 2 heterocycles. The summed E-state index contributed by atoms with van der Waals surface area (Å²) in [6, 6.07) is 19.5. The van der Waals surface area contributed by atoms with E-state index < -0.39 is 11.8 Å². The van der Waals surface area contributed by atoms with E-state index in [9.17, 15) is 14.9 Å². The molecule has 3 aromatic rings. The lowest BCUT2D eigenvalue weighted by Gasteiger charge is -2.27. The number of imide groups is 1. The van der Waals surface area contributed by atoms with E-state index in [1.165, 1.54) is 0 Å². The number of hydrogen-bond acceptors (Lipinski definition) is 4. The molecule has 0 N–H and O–H groups in total. The van der Waals surface area contributed by atoms with Crippen LogP contribution in [0.25, 0.3) is 17.4 Å². The maximum Gasteiger partial charge on any atom is 0.271 e. The first-order valence-electron chi connectivity index (χ1n) is 9.67. The number of benzene rings is 2. The summed E-state index contributed by atoms with van der Waals surface area (Å²) < 4.78 is 5.88. The largest absolute Gasteiger partial charge is 0.457 e. The Balaban J connectivity index is 1.72. The van der Waals surface area contributed by atoms with Gasteiger partial charge < -0.3 is 4.42 Å². The summed E-state index contributed by atoms with van der Waals surface area (Å²) in [7, 11) is 0. The smallest absolute Gasteiger partial charge is 0.271 e. The zero-order chi connectivity index (χ0) is 22.8. The van der Waals surface area contributed by atoms with Crippen LogP contribution in [0, 0.1) is 11.3 Å². The van der Waals surface area contributed by atoms with E-state index in [2.05, 4.69) is 0 Å². The molecule has 0 atom stereocenters. The van der Waals surface area contributed by atoms with Crippen LogP contribution in [-0.2, 0) is 16.1 Å². The summed E-state index contributed by atoms with van der Waals surface area (Å²) in [4.78, 5) is 27.1. The van der Waals surface area contributed by atoms with E-state index in [0.717, 1.165) is 10.5 Å². The minimum Gasteiger partial charge on any atom is -0.457 e. The fourth-order valence-corrected chi connectivity index (χ4v) is 3.73. The predicted octanol–water partition coefficient (Wildman–Crippen LogP) is 6.05. The normalized spacial score (nSPS) is 15.4. The molecule has 0 saturated carbocycles. The molecule has 0 spiro atoms. The Morgan fingerprint density at radius 3 is 2.41 bits per heavy atom. The topological polar surface area (TPSA) is 74.3 Å². The number of carbonyl (C=O) groups is 2. The minimum atomic E-state index is -0.645. The lowest BCUT2D eigenvalue weighted by atomic mass is 9.94. The Kier molecular flexibility index (Phi) is 6.00. The summed E-state index contributed by atoms with van der Waals surface area (Å²) in [6.07, 6.45) is 1.54. The molecule has 5 nitrogen and oxygen atoms in total. The number of rotatable bonds is 4. The highest BCUT2D eigenvalue weighted by molar-refractivity contribution is 6.31. The van der Waals surface area contributed by atoms with Gasteiger partial charge in [0.05, 0.1) is 6.54 Å². The quantitative estimate of drug-likeness (QED) is 0.349. The fourth-order valence-electron chi connectivity index (χ4n) is 3.41. The van der Waals surface area contributed by atoms with Gasteiger partial charge in [-0.3, -0.25) is 14.5 Å². The molecule has 2 amide bonds. The number of amides is 2. The second-order valence-corrected chi connectivity index (χ2v) is 8.01. The molecule has 0 saturated heterocycles. The highest BCUT2D eigenvalue weighted by Crippen LogP contribution is 2.31. The molecular formula is C25H16Cl2N2O3. The van der Waals surface area contributed by atoms with Gasteiger partial charge in [0.2, 0.25) is 0 Å². The lowest BCUT2D eigenvalue weighted by molar-refractivity contribution is -0.141. The van der Waals surface area contributed by atoms with Crippen LogP contribution in [0.4, 0.5) is 0 Å². The van der Waals surface area contributed by atoms with Crippen LogP contribution in [0.1, 0.15) is 18.2 Å². The molecule has 0 aliphatic carbocycles. The molecule has 1 aromatic heterocycles. The zero-order valence-electron chi connectivity index (χ0n) is 16.9. The fraction of sp³-hybridized carbons (Fsp3) is 0.0800. The second kappa shape index (κ2) is 8.88. The maximum atomic E-state index is 13.2. The van der Waals surface area contributed by atoms with Crippen molar-refractivity contribution in [3.63, 3.8) is 0 Å². The summed E-state index contributed by atoms with van der Waals surface area (Å²) in [6.45, 7) is 1.54. The zero-order valence-corrected chi connectivity index (χ0v) is 18.4. The second-order valence-electron chi connectivity index (χ2n) is 7.17. The molecule has 7 heteroatoms. The van der Waals surface area contributed by atoms with Crippen LogP contribution in [0.2, 0.25) is 10.0 Å². The van der Waals surface area contributed by atoms with E-state index in [4.69, 9.17) is 27.6 Å². The van der Waals surface area contributed by atoms with Crippen LogP contribution < -0.4 is 0 Å². The molecule has 0 radical (unpaired) electrons. The van der Waals surface area contributed by atoms with Gasteiger partial charge in [-0.2, -0.15) is 5.26 Å². The van der Waals surface area contributed by atoms with Crippen molar-refractivity contribution < 1.29 is 14.0 Å². The molecule has 1 aliphatic rings. The van der Waals surface area contributed by atoms with Gasteiger partial charge in [-0.1, -0.05) is 41.4 Å². The number of nitrogens with zero attached hydrogens (tertiary/aromatic N) is 2. The molecule has 158 valence electrons. The van der Waals surface area contributed by atoms with Crippen molar-refractivity contribution in [2.24, 2.45) is 0 Å². The van der Waals surface area contributed by atoms with Crippen molar-refractivity contribution in [3.8, 4) is 17.4 Å². The first-order chi connectivity index (χ1) is 15.4. The average molecular weight is 463 g/mol. The number of halogens is 2. The molecule has 32 heavy (non-hydrogen) atoms. The highest BCUT2D eigenvalue weighted by Gasteiger charge is 2.36. The van der Waals surface area contributed by atoms with Gasteiger partial charge in [0.1, 0.15) is 23.2 Å². The molecule has 0 unspecified atom stereocenters. The monoisotopic (exact) mass is 462 g/mol. The molecule has 0 fully saturated rings. The summed E-state index contributed by atoms with van der Waals surface area (Å²) in [5.41, 5.74) is 1.87. The van der Waals surface area contributed by atoms with Crippen LogP contribution in [0.3, 0.4) is 0 Å². The van der Waals surface area contributed by atoms with Crippen molar-refractivity contribution in [1.29, 1.82) is 5.26 Å². The van der Waals surface area contributed by atoms with Gasteiger partial charge in [-0.15, -0.1) is 0 Å². The molecule has 2 aromatic carbocycles. The van der Waals surface area contributed by atoms with E-state index in [1.54, 1.807) is 61.5 Å². The molecular weight excluding hydrogens is 447 g/mol. The van der Waals surface area contributed by atoms with E-state index in [-0.39, 0.29) is 17.7 Å². The number of carbonyl (C=O) groups excluding carboxylic acids is 2. The van der Waals surface area contributed by atoms with Gasteiger partial charge >= 0.3 is 0 Å². The summed E-state index contributed by atoms with van der Waals surface area (Å²) in [5, 5.41) is 10.6. The van der Waals surface area contributed by atoms with Gasteiger partial charge in [0, 0.05) is 21.2 Å². The average Bonchev–Trinajstić information content (AvgIpc) is 3.25. The Bertz CT molecular complexity index is 1330. The third kappa shape index (κ3) is 4.11. The minimum absolute atomic E-state index is 0.0404. The van der Waals surface area contributed by atoms with Crippen molar-refractivity contribution in [1.82, 2.24) is 4.90 Å². The number of nitriles is 1. The Labute approximate surface area is 194 Å². The van der Waals surface area contributed by atoms with Crippen molar-refractivity contribution >= 4 is 41.1 Å². The summed E-state index contributed by atoms with van der Waals surface area (Å²) >= 11 is 12.1.